The van der Waals surface area contributed by atoms with Crippen LogP contribution in [0, 0.1) is 0 Å². The van der Waals surface area contributed by atoms with Crippen molar-refractivity contribution in [3.63, 3.8) is 0 Å². The van der Waals surface area contributed by atoms with Crippen molar-refractivity contribution in [2.75, 3.05) is 0 Å². The van der Waals surface area contributed by atoms with Gasteiger partial charge in [-0.1, -0.05) is 86.0 Å². The molecular formula is C18H16. The molecule has 0 atom stereocenters. The molecule has 0 aromatic heterocycles. The zero-order chi connectivity index (χ0) is 12.8. The van der Waals surface area contributed by atoms with Crippen LogP contribution in [0.1, 0.15) is 22.3 Å². The fourth-order valence-corrected chi connectivity index (χ4v) is 1.91. The molecule has 0 heteroatoms. The molecule has 0 bridgehead atoms. The standard InChI is InChI=1S/C18H16/c1-3-16-11-8-12-17(18(16)4-2)14-13-15-9-6-5-7-10-15/h3-14H,1-2H2/b14-13+. The minimum atomic E-state index is 1.11. The maximum Gasteiger partial charge on any atom is -0.0118 e. The van der Waals surface area contributed by atoms with E-state index in [9.17, 15) is 0 Å². The Morgan fingerprint density at radius 1 is 0.667 bits per heavy atom. The first-order valence-electron chi connectivity index (χ1n) is 5.96. The quantitative estimate of drug-likeness (QED) is 0.640. The van der Waals surface area contributed by atoms with Crippen molar-refractivity contribution in [2.45, 2.75) is 0 Å². The molecule has 0 spiro atoms. The molecule has 0 fully saturated rings. The Kier molecular flexibility index (Phi) is 3.93. The maximum absolute atomic E-state index is 3.87. The van der Waals surface area contributed by atoms with E-state index >= 15 is 0 Å². The lowest BCUT2D eigenvalue weighted by atomic mass is 10.00. The summed E-state index contributed by atoms with van der Waals surface area (Å²) < 4.78 is 0. The summed E-state index contributed by atoms with van der Waals surface area (Å²) in [6, 6.07) is 16.4. The highest BCUT2D eigenvalue weighted by atomic mass is 14.0. The summed E-state index contributed by atoms with van der Waals surface area (Å²) in [4.78, 5) is 0. The molecule has 0 unspecified atom stereocenters. The van der Waals surface area contributed by atoms with Crippen LogP contribution in [-0.2, 0) is 0 Å². The van der Waals surface area contributed by atoms with E-state index in [0.717, 1.165) is 16.7 Å². The molecule has 0 aliphatic rings. The Morgan fingerprint density at radius 2 is 1.39 bits per heavy atom. The highest BCUT2D eigenvalue weighted by Crippen LogP contribution is 2.19. The van der Waals surface area contributed by atoms with Crippen LogP contribution < -0.4 is 0 Å². The van der Waals surface area contributed by atoms with E-state index in [4.69, 9.17) is 0 Å². The minimum Gasteiger partial charge on any atom is -0.0984 e. The topological polar surface area (TPSA) is 0 Å². The smallest absolute Gasteiger partial charge is 0.0118 e. The number of benzene rings is 2. The van der Waals surface area contributed by atoms with Crippen LogP contribution >= 0.6 is 0 Å². The lowest BCUT2D eigenvalue weighted by molar-refractivity contribution is 1.58. The lowest BCUT2D eigenvalue weighted by Gasteiger charge is -2.05. The molecule has 0 saturated carbocycles. The Bertz CT molecular complexity index is 574. The van der Waals surface area contributed by atoms with Crippen molar-refractivity contribution in [1.29, 1.82) is 0 Å². The van der Waals surface area contributed by atoms with Gasteiger partial charge in [-0.2, -0.15) is 0 Å². The first-order valence-corrected chi connectivity index (χ1v) is 5.96. The summed E-state index contributed by atoms with van der Waals surface area (Å²) in [5.41, 5.74) is 4.59. The molecular weight excluding hydrogens is 216 g/mol. The SMILES string of the molecule is C=Cc1cccc(/C=C/c2ccccc2)c1C=C. The Morgan fingerprint density at radius 3 is 2.06 bits per heavy atom. The molecule has 2 aromatic rings. The molecule has 88 valence electrons. The molecule has 0 aliphatic carbocycles. The van der Waals surface area contributed by atoms with E-state index in [-0.39, 0.29) is 0 Å². The van der Waals surface area contributed by atoms with Crippen molar-refractivity contribution in [2.24, 2.45) is 0 Å². The maximum atomic E-state index is 3.87. The molecule has 0 heterocycles. The van der Waals surface area contributed by atoms with Crippen molar-refractivity contribution in [1.82, 2.24) is 0 Å². The Hall–Kier alpha value is -2.34. The van der Waals surface area contributed by atoms with E-state index in [1.54, 1.807) is 0 Å². The Labute approximate surface area is 109 Å². The highest BCUT2D eigenvalue weighted by Gasteiger charge is 1.99. The molecule has 2 rings (SSSR count). The molecule has 0 amide bonds. The van der Waals surface area contributed by atoms with Crippen molar-refractivity contribution in [3.8, 4) is 0 Å². The molecule has 0 N–H and O–H groups in total. The molecule has 18 heavy (non-hydrogen) atoms. The predicted octanol–water partition coefficient (Wildman–Crippen LogP) is 5.14. The van der Waals surface area contributed by atoms with Gasteiger partial charge in [-0.05, 0) is 22.3 Å². The Balaban J connectivity index is 2.38. The summed E-state index contributed by atoms with van der Waals surface area (Å²) in [5, 5.41) is 0. The first kappa shape index (κ1) is 12.1. The number of hydrogen-bond donors (Lipinski definition) is 0. The van der Waals surface area contributed by atoms with E-state index in [0.29, 0.717) is 0 Å². The van der Waals surface area contributed by atoms with Gasteiger partial charge < -0.3 is 0 Å². The predicted molar refractivity (Wildman–Crippen MR) is 82.0 cm³/mol. The van der Waals surface area contributed by atoms with Gasteiger partial charge in [-0.3, -0.25) is 0 Å². The van der Waals surface area contributed by atoms with Crippen molar-refractivity contribution < 1.29 is 0 Å². The second-order valence-electron chi connectivity index (χ2n) is 4.00. The van der Waals surface area contributed by atoms with E-state index in [1.807, 2.05) is 42.5 Å². The second kappa shape index (κ2) is 5.83. The molecule has 0 radical (unpaired) electrons. The highest BCUT2D eigenvalue weighted by molar-refractivity contribution is 5.78. The zero-order valence-electron chi connectivity index (χ0n) is 10.3. The van der Waals surface area contributed by atoms with E-state index in [1.165, 1.54) is 5.56 Å². The van der Waals surface area contributed by atoms with Crippen LogP contribution in [0.5, 0.6) is 0 Å². The molecule has 0 aliphatic heterocycles. The van der Waals surface area contributed by atoms with Crippen LogP contribution in [0.15, 0.2) is 61.7 Å². The van der Waals surface area contributed by atoms with Gasteiger partial charge in [0.25, 0.3) is 0 Å². The summed E-state index contributed by atoms with van der Waals surface area (Å²) >= 11 is 0. The third-order valence-electron chi connectivity index (χ3n) is 2.85. The summed E-state index contributed by atoms with van der Waals surface area (Å²) in [6.45, 7) is 7.70. The van der Waals surface area contributed by atoms with Crippen LogP contribution in [-0.4, -0.2) is 0 Å². The zero-order valence-corrected chi connectivity index (χ0v) is 10.3. The first-order chi connectivity index (χ1) is 8.85. The summed E-state index contributed by atoms with van der Waals surface area (Å²) in [6.07, 6.45) is 7.95. The fourth-order valence-electron chi connectivity index (χ4n) is 1.91. The monoisotopic (exact) mass is 232 g/mol. The van der Waals surface area contributed by atoms with Gasteiger partial charge in [0, 0.05) is 0 Å². The average Bonchev–Trinajstić information content (AvgIpc) is 2.45. The van der Waals surface area contributed by atoms with Gasteiger partial charge in [0.05, 0.1) is 0 Å². The number of rotatable bonds is 4. The normalized spacial score (nSPS) is 10.4. The number of hydrogen-bond acceptors (Lipinski definition) is 0. The van der Waals surface area contributed by atoms with Crippen LogP contribution in [0.2, 0.25) is 0 Å². The lowest BCUT2D eigenvalue weighted by Crippen LogP contribution is -1.85. The third-order valence-corrected chi connectivity index (χ3v) is 2.85. The van der Waals surface area contributed by atoms with Crippen molar-refractivity contribution >= 4 is 24.3 Å². The minimum absolute atomic E-state index is 1.11. The fraction of sp³-hybridized carbons (Fsp3) is 0. The largest absolute Gasteiger partial charge is 0.0984 e. The molecule has 2 aromatic carbocycles. The average molecular weight is 232 g/mol. The van der Waals surface area contributed by atoms with E-state index in [2.05, 4.69) is 43.5 Å². The van der Waals surface area contributed by atoms with Crippen molar-refractivity contribution in [3.05, 3.63) is 83.9 Å². The van der Waals surface area contributed by atoms with Gasteiger partial charge >= 0.3 is 0 Å². The van der Waals surface area contributed by atoms with Crippen LogP contribution in [0.3, 0.4) is 0 Å². The molecule has 0 nitrogen and oxygen atoms in total. The van der Waals surface area contributed by atoms with Gasteiger partial charge in [0.2, 0.25) is 0 Å². The van der Waals surface area contributed by atoms with E-state index < -0.39 is 0 Å². The molecule has 0 saturated heterocycles. The summed E-state index contributed by atoms with van der Waals surface area (Å²) in [5.74, 6) is 0. The van der Waals surface area contributed by atoms with Crippen LogP contribution in [0.25, 0.3) is 24.3 Å². The third kappa shape index (κ3) is 2.67. The summed E-state index contributed by atoms with van der Waals surface area (Å²) in [7, 11) is 0. The van der Waals surface area contributed by atoms with Gasteiger partial charge in [0.1, 0.15) is 0 Å². The van der Waals surface area contributed by atoms with Crippen LogP contribution in [0.4, 0.5) is 0 Å². The van der Waals surface area contributed by atoms with Gasteiger partial charge in [0.15, 0.2) is 0 Å². The second-order valence-corrected chi connectivity index (χ2v) is 4.00. The van der Waals surface area contributed by atoms with Gasteiger partial charge in [-0.15, -0.1) is 0 Å². The van der Waals surface area contributed by atoms with Gasteiger partial charge in [-0.25, -0.2) is 0 Å².